The number of benzene rings is 1. The number of hydrogen-bond donors (Lipinski definition) is 2. The van der Waals surface area contributed by atoms with E-state index in [1.807, 2.05) is 25.1 Å². The van der Waals surface area contributed by atoms with Gasteiger partial charge in [-0.05, 0) is 68.5 Å². The minimum Gasteiger partial charge on any atom is -0.396 e. The van der Waals surface area contributed by atoms with Crippen LogP contribution in [-0.4, -0.2) is 47.8 Å². The lowest BCUT2D eigenvalue weighted by molar-refractivity contribution is 0.0785. The Kier molecular flexibility index (Phi) is 5.78. The van der Waals surface area contributed by atoms with Crippen molar-refractivity contribution in [3.63, 3.8) is 0 Å². The lowest BCUT2D eigenvalue weighted by Crippen LogP contribution is -2.21. The molecule has 2 atom stereocenters. The second-order valence-electron chi connectivity index (χ2n) is 9.93. The van der Waals surface area contributed by atoms with Crippen LogP contribution >= 0.6 is 0 Å². The molecule has 1 saturated carbocycles. The second kappa shape index (κ2) is 8.52. The molecular weight excluding hydrogens is 448 g/mol. The fraction of sp³-hybridized carbons (Fsp3) is 0.423. The van der Waals surface area contributed by atoms with E-state index in [-0.39, 0.29) is 17.3 Å². The number of nitrogens with zero attached hydrogens (tertiary/aromatic N) is 4. The van der Waals surface area contributed by atoms with Gasteiger partial charge in [-0.2, -0.15) is 0 Å². The number of rotatable bonds is 7. The molecule has 0 bridgehead atoms. The quantitative estimate of drug-likeness (QED) is 0.532. The van der Waals surface area contributed by atoms with E-state index < -0.39 is 16.4 Å². The van der Waals surface area contributed by atoms with Gasteiger partial charge in [0.1, 0.15) is 0 Å². The summed E-state index contributed by atoms with van der Waals surface area (Å²) in [6, 6.07) is 9.76. The predicted molar refractivity (Wildman–Crippen MR) is 132 cm³/mol. The van der Waals surface area contributed by atoms with Crippen LogP contribution in [0.4, 0.5) is 11.6 Å². The standard InChI is InChI=1S/C26H30N4O3S/c1-17(7-11-31)34(33)20-4-5-21-23(13-20)30(16-26(21)8-9-26)24-28-14-18(15-29-24)22-12-19(6-10-27-22)25(2,3)32/h4-6,10,12-15,17,31-32H,7-9,11,16H2,1-3H3. The van der Waals surface area contributed by atoms with E-state index in [0.717, 1.165) is 41.1 Å². The van der Waals surface area contributed by atoms with Crippen LogP contribution in [0.15, 0.2) is 53.8 Å². The highest BCUT2D eigenvalue weighted by Crippen LogP contribution is 2.58. The Balaban J connectivity index is 1.46. The van der Waals surface area contributed by atoms with Crippen LogP contribution < -0.4 is 4.90 Å². The van der Waals surface area contributed by atoms with Crippen molar-refractivity contribution in [2.75, 3.05) is 18.1 Å². The molecule has 0 amide bonds. The summed E-state index contributed by atoms with van der Waals surface area (Å²) in [6.45, 7) is 6.24. The molecule has 0 saturated heterocycles. The van der Waals surface area contributed by atoms with Crippen LogP contribution in [0.1, 0.15) is 51.2 Å². The van der Waals surface area contributed by atoms with Crippen LogP contribution in [0.25, 0.3) is 11.3 Å². The van der Waals surface area contributed by atoms with Gasteiger partial charge in [0.2, 0.25) is 5.95 Å². The fourth-order valence-electron chi connectivity index (χ4n) is 4.62. The van der Waals surface area contributed by atoms with E-state index in [1.165, 1.54) is 5.56 Å². The molecule has 0 radical (unpaired) electrons. The number of aromatic nitrogens is 3. The normalized spacial score (nSPS) is 18.1. The first kappa shape index (κ1) is 23.1. The van der Waals surface area contributed by atoms with Gasteiger partial charge in [0.25, 0.3) is 0 Å². The minimum absolute atomic E-state index is 0.0286. The SMILES string of the molecule is CC(CCO)S(=O)c1ccc2c(c1)N(c1ncc(-c3cc(C(C)(C)O)ccn3)cn1)CC21CC1. The van der Waals surface area contributed by atoms with E-state index in [1.54, 1.807) is 38.5 Å². The highest BCUT2D eigenvalue weighted by molar-refractivity contribution is 7.85. The van der Waals surface area contributed by atoms with Gasteiger partial charge >= 0.3 is 0 Å². The Hall–Kier alpha value is -2.68. The fourth-order valence-corrected chi connectivity index (χ4v) is 5.84. The molecule has 2 unspecified atom stereocenters. The van der Waals surface area contributed by atoms with Gasteiger partial charge < -0.3 is 15.1 Å². The van der Waals surface area contributed by atoms with Crippen molar-refractivity contribution >= 4 is 22.4 Å². The highest BCUT2D eigenvalue weighted by Gasteiger charge is 2.52. The summed E-state index contributed by atoms with van der Waals surface area (Å²) in [6.07, 6.45) is 7.98. The summed E-state index contributed by atoms with van der Waals surface area (Å²) < 4.78 is 13.0. The predicted octanol–water partition coefficient (Wildman–Crippen LogP) is 3.83. The van der Waals surface area contributed by atoms with Crippen molar-refractivity contribution in [1.29, 1.82) is 0 Å². The van der Waals surface area contributed by atoms with Crippen molar-refractivity contribution in [3.8, 4) is 11.3 Å². The molecule has 1 aliphatic carbocycles. The summed E-state index contributed by atoms with van der Waals surface area (Å²) in [5.41, 5.74) is 3.75. The zero-order chi connectivity index (χ0) is 24.1. The molecule has 1 spiro atoms. The Morgan fingerprint density at radius 2 is 1.88 bits per heavy atom. The number of hydrogen-bond acceptors (Lipinski definition) is 7. The third-order valence-electron chi connectivity index (χ3n) is 6.92. The van der Waals surface area contributed by atoms with Gasteiger partial charge in [0.15, 0.2) is 0 Å². The van der Waals surface area contributed by atoms with Crippen LogP contribution in [0, 0.1) is 0 Å². The highest BCUT2D eigenvalue weighted by atomic mass is 32.2. The molecule has 1 aliphatic heterocycles. The topological polar surface area (TPSA) is 99.4 Å². The summed E-state index contributed by atoms with van der Waals surface area (Å²) in [5, 5.41) is 19.4. The summed E-state index contributed by atoms with van der Waals surface area (Å²) in [5.74, 6) is 0.610. The summed E-state index contributed by atoms with van der Waals surface area (Å²) >= 11 is 0. The maximum atomic E-state index is 13.0. The Bertz CT molecular complexity index is 1240. The zero-order valence-electron chi connectivity index (χ0n) is 19.7. The van der Waals surface area contributed by atoms with E-state index >= 15 is 0 Å². The Labute approximate surface area is 202 Å². The van der Waals surface area contributed by atoms with Gasteiger partial charge in [-0.3, -0.25) is 9.19 Å². The van der Waals surface area contributed by atoms with Crippen LogP contribution in [-0.2, 0) is 21.8 Å². The molecule has 2 aliphatic rings. The molecule has 8 heteroatoms. The van der Waals surface area contributed by atoms with Crippen LogP contribution in [0.5, 0.6) is 0 Å². The number of pyridine rings is 1. The molecule has 5 rings (SSSR count). The van der Waals surface area contributed by atoms with Gasteiger partial charge in [0.05, 0.1) is 22.1 Å². The first-order valence-corrected chi connectivity index (χ1v) is 12.9. The van der Waals surface area contributed by atoms with Gasteiger partial charge in [-0.1, -0.05) is 13.0 Å². The summed E-state index contributed by atoms with van der Waals surface area (Å²) in [7, 11) is -1.19. The van der Waals surface area contributed by atoms with Gasteiger partial charge in [-0.25, -0.2) is 9.97 Å². The third kappa shape index (κ3) is 4.15. The minimum atomic E-state index is -1.19. The second-order valence-corrected chi connectivity index (χ2v) is 11.8. The first-order valence-electron chi connectivity index (χ1n) is 11.7. The number of anilines is 2. The van der Waals surface area contributed by atoms with Crippen molar-refractivity contribution in [3.05, 3.63) is 60.0 Å². The molecule has 1 aromatic carbocycles. The van der Waals surface area contributed by atoms with Crippen molar-refractivity contribution in [2.45, 2.75) is 61.2 Å². The average Bonchev–Trinajstić information content (AvgIpc) is 3.54. The lowest BCUT2D eigenvalue weighted by atomic mass is 9.98. The molecule has 178 valence electrons. The van der Waals surface area contributed by atoms with Crippen molar-refractivity contribution in [2.24, 2.45) is 0 Å². The Morgan fingerprint density at radius 3 is 2.53 bits per heavy atom. The van der Waals surface area contributed by atoms with Crippen molar-refractivity contribution in [1.82, 2.24) is 15.0 Å². The monoisotopic (exact) mass is 478 g/mol. The van der Waals surface area contributed by atoms with Gasteiger partial charge in [-0.15, -0.1) is 0 Å². The Morgan fingerprint density at radius 1 is 1.15 bits per heavy atom. The smallest absolute Gasteiger partial charge is 0.229 e. The first-order chi connectivity index (χ1) is 16.2. The number of aliphatic hydroxyl groups is 2. The van der Waals surface area contributed by atoms with E-state index in [2.05, 4.69) is 25.9 Å². The molecule has 3 heterocycles. The zero-order valence-corrected chi connectivity index (χ0v) is 20.5. The van der Waals surface area contributed by atoms with Crippen LogP contribution in [0.2, 0.25) is 0 Å². The molecule has 2 N–H and O–H groups in total. The molecule has 1 fully saturated rings. The molecule has 2 aromatic heterocycles. The average molecular weight is 479 g/mol. The van der Waals surface area contributed by atoms with Crippen LogP contribution in [0.3, 0.4) is 0 Å². The molecule has 34 heavy (non-hydrogen) atoms. The van der Waals surface area contributed by atoms with E-state index in [0.29, 0.717) is 18.1 Å². The van der Waals surface area contributed by atoms with E-state index in [9.17, 15) is 14.4 Å². The maximum Gasteiger partial charge on any atom is 0.229 e. The van der Waals surface area contributed by atoms with Gasteiger partial charge in [0, 0.05) is 58.6 Å². The molecular formula is C26H30N4O3S. The summed E-state index contributed by atoms with van der Waals surface area (Å²) in [4.78, 5) is 16.7. The third-order valence-corrected chi connectivity index (χ3v) is 8.61. The number of aliphatic hydroxyl groups excluding tert-OH is 1. The lowest BCUT2D eigenvalue weighted by Gasteiger charge is -2.19. The maximum absolute atomic E-state index is 13.0. The molecule has 3 aromatic rings. The van der Waals surface area contributed by atoms with E-state index in [4.69, 9.17) is 0 Å². The van der Waals surface area contributed by atoms with Crippen molar-refractivity contribution < 1.29 is 14.4 Å². The molecule has 7 nitrogen and oxygen atoms in total. The largest absolute Gasteiger partial charge is 0.396 e. The number of fused-ring (bicyclic) bond motifs is 2.